The largest absolute Gasteiger partial charge is 0.354 e. The van der Waals surface area contributed by atoms with Crippen LogP contribution < -0.4 is 0 Å². The van der Waals surface area contributed by atoms with Gasteiger partial charge in [-0.2, -0.15) is 0 Å². The van der Waals surface area contributed by atoms with Crippen molar-refractivity contribution in [2.24, 2.45) is 0 Å². The van der Waals surface area contributed by atoms with E-state index in [-0.39, 0.29) is 0 Å². The fourth-order valence-electron chi connectivity index (χ4n) is 6.35. The molecule has 0 spiro atoms. The summed E-state index contributed by atoms with van der Waals surface area (Å²) in [6.07, 6.45) is 0. The number of aromatic amines is 2. The molecule has 0 saturated carbocycles. The van der Waals surface area contributed by atoms with Crippen molar-refractivity contribution < 1.29 is 17.6 Å². The first-order valence-electron chi connectivity index (χ1n) is 13.9. The van der Waals surface area contributed by atoms with E-state index < -0.39 is 23.3 Å². The molecule has 0 amide bonds. The van der Waals surface area contributed by atoms with Crippen molar-refractivity contribution in [3.8, 4) is 45.0 Å². The number of nitrogens with one attached hydrogen (secondary N) is 2. The third-order valence-corrected chi connectivity index (χ3v) is 8.38. The second-order valence-electron chi connectivity index (χ2n) is 11.0. The Morgan fingerprint density at radius 3 is 0.864 bits per heavy atom. The Balaban J connectivity index is 1.52. The third-order valence-electron chi connectivity index (χ3n) is 8.38. The van der Waals surface area contributed by atoms with E-state index in [1.165, 1.54) is 24.3 Å². The maximum atomic E-state index is 14.6. The standard InChI is InChI=1S/C36H18F4N4/c37-25-9-21-22(10-26(25)38)35-15-31-19-7-3-4-8-20(19)32(42-31)16-36-24-12-28(40)27(39)11-23(24)34(44-36)14-30-18-6-2-1-5-17(18)29(41-30)13-33(21)43-35/h1-16,43-44H. The first-order valence-corrected chi connectivity index (χ1v) is 13.9. The lowest BCUT2D eigenvalue weighted by atomic mass is 10.0. The van der Waals surface area contributed by atoms with Gasteiger partial charge in [-0.25, -0.2) is 27.5 Å². The van der Waals surface area contributed by atoms with Gasteiger partial charge in [0.05, 0.1) is 22.8 Å². The van der Waals surface area contributed by atoms with Crippen LogP contribution in [0.5, 0.6) is 0 Å². The van der Waals surface area contributed by atoms with Crippen LogP contribution in [0.3, 0.4) is 0 Å². The van der Waals surface area contributed by atoms with Gasteiger partial charge in [-0.3, -0.25) is 0 Å². The van der Waals surface area contributed by atoms with Crippen LogP contribution >= 0.6 is 0 Å². The topological polar surface area (TPSA) is 57.4 Å². The van der Waals surface area contributed by atoms with Crippen molar-refractivity contribution in [1.82, 2.24) is 19.9 Å². The quantitative estimate of drug-likeness (QED) is 0.175. The van der Waals surface area contributed by atoms with Gasteiger partial charge in [0.1, 0.15) is 0 Å². The predicted octanol–water partition coefficient (Wildman–Crippen LogP) is 9.85. The molecule has 8 heteroatoms. The van der Waals surface area contributed by atoms with Gasteiger partial charge in [-0.05, 0) is 48.5 Å². The minimum Gasteiger partial charge on any atom is -0.354 e. The second-order valence-corrected chi connectivity index (χ2v) is 11.0. The first-order chi connectivity index (χ1) is 21.4. The average Bonchev–Trinajstić information content (AvgIpc) is 3.73. The lowest BCUT2D eigenvalue weighted by Crippen LogP contribution is -1.82. The molecule has 44 heavy (non-hydrogen) atoms. The molecule has 5 heterocycles. The van der Waals surface area contributed by atoms with Crippen LogP contribution in [0, 0.1) is 23.3 Å². The molecular formula is C36H18F4N4. The van der Waals surface area contributed by atoms with Crippen LogP contribution in [0.15, 0.2) is 97.1 Å². The Morgan fingerprint density at radius 2 is 0.614 bits per heavy atom. The van der Waals surface area contributed by atoms with Gasteiger partial charge in [-0.1, -0.05) is 48.5 Å². The Kier molecular flexibility index (Phi) is 5.00. The van der Waals surface area contributed by atoms with Gasteiger partial charge >= 0.3 is 0 Å². The monoisotopic (exact) mass is 582 g/mol. The van der Waals surface area contributed by atoms with Crippen molar-refractivity contribution >= 4 is 43.6 Å². The van der Waals surface area contributed by atoms with E-state index in [1.807, 2.05) is 72.8 Å². The molecule has 2 N–H and O–H groups in total. The molecule has 0 radical (unpaired) electrons. The molecule has 4 nitrogen and oxygen atoms in total. The summed E-state index contributed by atoms with van der Waals surface area (Å²) in [5, 5.41) is 1.99. The number of hydrogen-bond acceptors (Lipinski definition) is 2. The highest BCUT2D eigenvalue weighted by Crippen LogP contribution is 2.40. The highest BCUT2D eigenvalue weighted by atomic mass is 19.2. The van der Waals surface area contributed by atoms with E-state index >= 15 is 0 Å². The summed E-state index contributed by atoms with van der Waals surface area (Å²) in [5.74, 6) is -3.82. The number of halogens is 4. The van der Waals surface area contributed by atoms with Crippen LogP contribution in [0.2, 0.25) is 0 Å². The molecule has 2 aliphatic heterocycles. The molecule has 2 aliphatic rings. The summed E-state index contributed by atoms with van der Waals surface area (Å²) in [6.45, 7) is 0. The van der Waals surface area contributed by atoms with Gasteiger partial charge in [0.2, 0.25) is 0 Å². The molecule has 7 aromatic rings. The van der Waals surface area contributed by atoms with Crippen LogP contribution in [0.1, 0.15) is 0 Å². The summed E-state index contributed by atoms with van der Waals surface area (Å²) in [5.41, 5.74) is 8.01. The Hall–Kier alpha value is -5.76. The van der Waals surface area contributed by atoms with Gasteiger partial charge in [0.15, 0.2) is 23.3 Å². The molecule has 3 aromatic heterocycles. The lowest BCUT2D eigenvalue weighted by molar-refractivity contribution is 0.511. The van der Waals surface area contributed by atoms with Gasteiger partial charge in [0, 0.05) is 65.9 Å². The van der Waals surface area contributed by atoms with E-state index in [1.54, 1.807) is 0 Å². The zero-order valence-electron chi connectivity index (χ0n) is 22.6. The minimum atomic E-state index is -0.954. The maximum Gasteiger partial charge on any atom is 0.159 e. The van der Waals surface area contributed by atoms with Crippen molar-refractivity contribution in [2.75, 3.05) is 0 Å². The molecule has 0 atom stereocenters. The number of aromatic nitrogens is 4. The van der Waals surface area contributed by atoms with Crippen LogP contribution in [0.4, 0.5) is 17.6 Å². The molecule has 4 aromatic carbocycles. The summed E-state index contributed by atoms with van der Waals surface area (Å²) >= 11 is 0. The zero-order valence-corrected chi connectivity index (χ0v) is 22.6. The third kappa shape index (κ3) is 3.57. The normalized spacial score (nSPS) is 12.1. The SMILES string of the molecule is Fc1cc2c3cc4nc(cc5[nH]c(cc6nc(cc([nH]3)c2cc1F)-c1ccccc1-6)c1cc(F)c(F)cc51)-c1ccccc1-4. The Bertz CT molecular complexity index is 2220. The number of nitrogens with zero attached hydrogens (tertiary/aromatic N) is 2. The van der Waals surface area contributed by atoms with E-state index in [0.717, 1.165) is 22.3 Å². The summed E-state index contributed by atoms with van der Waals surface area (Å²) in [7, 11) is 0. The van der Waals surface area contributed by atoms with Gasteiger partial charge in [-0.15, -0.1) is 0 Å². The second kappa shape index (κ2) is 8.87. The molecule has 8 bridgehead atoms. The summed E-state index contributed by atoms with van der Waals surface area (Å²) in [4.78, 5) is 16.5. The van der Waals surface area contributed by atoms with Crippen LogP contribution in [0.25, 0.3) is 88.6 Å². The number of rotatable bonds is 0. The predicted molar refractivity (Wildman–Crippen MR) is 165 cm³/mol. The Labute approximate surface area is 246 Å². The van der Waals surface area contributed by atoms with Crippen molar-refractivity contribution in [2.45, 2.75) is 0 Å². The molecule has 0 unspecified atom stereocenters. The number of hydrogen-bond donors (Lipinski definition) is 2. The molecular weight excluding hydrogens is 564 g/mol. The summed E-state index contributed by atoms with van der Waals surface area (Å²) < 4.78 is 58.3. The fraction of sp³-hybridized carbons (Fsp3) is 0. The highest BCUT2D eigenvalue weighted by molar-refractivity contribution is 6.10. The zero-order chi connectivity index (χ0) is 29.7. The van der Waals surface area contributed by atoms with E-state index in [4.69, 9.17) is 9.97 Å². The minimum absolute atomic E-state index is 0.497. The number of H-pyrrole nitrogens is 2. The fourth-order valence-corrected chi connectivity index (χ4v) is 6.35. The summed E-state index contributed by atoms with van der Waals surface area (Å²) in [6, 6.07) is 27.3. The van der Waals surface area contributed by atoms with Gasteiger partial charge in [0.25, 0.3) is 0 Å². The molecule has 9 rings (SSSR count). The lowest BCUT2D eigenvalue weighted by Gasteiger charge is -1.98. The maximum absolute atomic E-state index is 14.6. The first kappa shape index (κ1) is 24.8. The number of fused-ring (bicyclic) bond motifs is 20. The average molecular weight is 583 g/mol. The van der Waals surface area contributed by atoms with Gasteiger partial charge < -0.3 is 9.97 Å². The van der Waals surface area contributed by atoms with Crippen LogP contribution in [-0.4, -0.2) is 19.9 Å². The van der Waals surface area contributed by atoms with Crippen molar-refractivity contribution in [1.29, 1.82) is 0 Å². The highest BCUT2D eigenvalue weighted by Gasteiger charge is 2.20. The van der Waals surface area contributed by atoms with Crippen LogP contribution in [-0.2, 0) is 0 Å². The van der Waals surface area contributed by atoms with E-state index in [2.05, 4.69) is 9.97 Å². The van der Waals surface area contributed by atoms with E-state index in [9.17, 15) is 17.6 Å². The molecule has 0 saturated heterocycles. The number of benzene rings is 4. The Morgan fingerprint density at radius 1 is 0.364 bits per heavy atom. The molecule has 0 fully saturated rings. The smallest absolute Gasteiger partial charge is 0.159 e. The van der Waals surface area contributed by atoms with E-state index in [0.29, 0.717) is 66.4 Å². The van der Waals surface area contributed by atoms with Crippen molar-refractivity contribution in [3.05, 3.63) is 120 Å². The van der Waals surface area contributed by atoms with Crippen molar-refractivity contribution in [3.63, 3.8) is 0 Å². The molecule has 0 aliphatic carbocycles. The molecule has 210 valence electrons.